The van der Waals surface area contributed by atoms with E-state index < -0.39 is 26.5 Å². The number of ether oxygens (including phenoxy) is 2. The second-order valence-corrected chi connectivity index (χ2v) is 18.2. The van der Waals surface area contributed by atoms with Gasteiger partial charge in [0.15, 0.2) is 6.10 Å². The number of hydrogen-bond donors (Lipinski definition) is 0. The number of phosphoric ester groups is 1. The fourth-order valence-electron chi connectivity index (χ4n) is 6.40. The molecule has 0 amide bonds. The molecular formula is C45H88NO8P. The molecule has 0 rings (SSSR count). The SMILES string of the molecule is CCCC/C=C\CCCCCCCC(=O)OC(COC(=O)CCCCCCCCCCCCCCCCCCCCCC)COP(=O)([O-])OCC[N+](C)(C)C. The molecular weight excluding hydrogens is 713 g/mol. The van der Waals surface area contributed by atoms with E-state index in [2.05, 4.69) is 26.0 Å². The first-order valence-electron chi connectivity index (χ1n) is 22.9. The van der Waals surface area contributed by atoms with Crippen molar-refractivity contribution < 1.29 is 42.1 Å². The maximum Gasteiger partial charge on any atom is 0.306 e. The molecule has 0 radical (unpaired) electrons. The first-order valence-corrected chi connectivity index (χ1v) is 24.4. The Kier molecular flexibility index (Phi) is 37.4. The van der Waals surface area contributed by atoms with Crippen molar-refractivity contribution in [2.24, 2.45) is 0 Å². The van der Waals surface area contributed by atoms with Crippen molar-refractivity contribution in [1.29, 1.82) is 0 Å². The van der Waals surface area contributed by atoms with Gasteiger partial charge in [0.05, 0.1) is 27.7 Å². The molecule has 0 aliphatic rings. The summed E-state index contributed by atoms with van der Waals surface area (Å²) < 4.78 is 33.9. The molecule has 0 N–H and O–H groups in total. The van der Waals surface area contributed by atoms with Gasteiger partial charge in [0.2, 0.25) is 0 Å². The fourth-order valence-corrected chi connectivity index (χ4v) is 7.13. The van der Waals surface area contributed by atoms with Crippen LogP contribution in [0.4, 0.5) is 0 Å². The van der Waals surface area contributed by atoms with E-state index in [0.717, 1.165) is 57.8 Å². The van der Waals surface area contributed by atoms with E-state index in [0.29, 0.717) is 17.4 Å². The van der Waals surface area contributed by atoms with Crippen LogP contribution >= 0.6 is 7.82 Å². The molecule has 9 nitrogen and oxygen atoms in total. The highest BCUT2D eigenvalue weighted by atomic mass is 31.2. The van der Waals surface area contributed by atoms with Gasteiger partial charge in [-0.25, -0.2) is 0 Å². The van der Waals surface area contributed by atoms with Crippen molar-refractivity contribution in [3.05, 3.63) is 12.2 Å². The zero-order chi connectivity index (χ0) is 40.7. The smallest absolute Gasteiger partial charge is 0.306 e. The van der Waals surface area contributed by atoms with Gasteiger partial charge in [0.25, 0.3) is 7.82 Å². The number of phosphoric acid groups is 1. The summed E-state index contributed by atoms with van der Waals surface area (Å²) in [5.74, 6) is -0.836. The standard InChI is InChI=1S/C45H88NO8P/c1-6-8-10-12-14-16-18-19-20-21-22-23-24-25-26-28-29-31-33-35-37-44(47)51-41-43(42-53-55(49,50)52-40-39-46(3,4)5)54-45(48)38-36-34-32-30-27-17-15-13-11-9-7-2/h13,15,43H,6-12,14,16-42H2,1-5H3/b15-13-. The Bertz CT molecular complexity index is 954. The van der Waals surface area contributed by atoms with Gasteiger partial charge in [0.1, 0.15) is 19.8 Å². The molecule has 0 aromatic rings. The normalized spacial score (nSPS) is 13.6. The number of likely N-dealkylation sites (N-methyl/N-ethyl adjacent to an activating group) is 1. The minimum absolute atomic E-state index is 0.0294. The molecule has 0 heterocycles. The maximum atomic E-state index is 12.6. The Morgan fingerprint density at radius 1 is 0.545 bits per heavy atom. The van der Waals surface area contributed by atoms with E-state index in [1.165, 1.54) is 122 Å². The average Bonchev–Trinajstić information content (AvgIpc) is 3.13. The van der Waals surface area contributed by atoms with Crippen molar-refractivity contribution >= 4 is 19.8 Å². The van der Waals surface area contributed by atoms with Gasteiger partial charge in [-0.15, -0.1) is 0 Å². The van der Waals surface area contributed by atoms with Crippen LogP contribution in [-0.2, 0) is 32.7 Å². The third kappa shape index (κ3) is 42.2. The lowest BCUT2D eigenvalue weighted by Crippen LogP contribution is -2.37. The molecule has 0 aromatic heterocycles. The number of quaternary nitrogens is 1. The Labute approximate surface area is 339 Å². The summed E-state index contributed by atoms with van der Waals surface area (Å²) >= 11 is 0. The molecule has 10 heteroatoms. The number of nitrogens with zero attached hydrogens (tertiary/aromatic N) is 1. The van der Waals surface area contributed by atoms with Gasteiger partial charge >= 0.3 is 11.9 Å². The number of allylic oxidation sites excluding steroid dienone is 2. The Morgan fingerprint density at radius 3 is 1.40 bits per heavy atom. The van der Waals surface area contributed by atoms with Crippen LogP contribution in [0.5, 0.6) is 0 Å². The van der Waals surface area contributed by atoms with Crippen LogP contribution in [-0.4, -0.2) is 70.0 Å². The molecule has 0 aliphatic heterocycles. The van der Waals surface area contributed by atoms with Crippen molar-refractivity contribution in [3.63, 3.8) is 0 Å². The summed E-state index contributed by atoms with van der Waals surface area (Å²) in [4.78, 5) is 37.5. The lowest BCUT2D eigenvalue weighted by atomic mass is 10.0. The van der Waals surface area contributed by atoms with Crippen LogP contribution in [0.2, 0.25) is 0 Å². The molecule has 0 fully saturated rings. The zero-order valence-electron chi connectivity index (χ0n) is 36.6. The third-order valence-corrected chi connectivity index (χ3v) is 11.0. The number of rotatable bonds is 42. The Balaban J connectivity index is 4.21. The minimum Gasteiger partial charge on any atom is -0.756 e. The highest BCUT2D eigenvalue weighted by molar-refractivity contribution is 7.45. The summed E-state index contributed by atoms with van der Waals surface area (Å²) in [7, 11) is 1.17. The van der Waals surface area contributed by atoms with Crippen LogP contribution in [0.15, 0.2) is 12.2 Å². The average molecular weight is 802 g/mol. The molecule has 0 spiro atoms. The molecule has 55 heavy (non-hydrogen) atoms. The molecule has 2 unspecified atom stereocenters. The van der Waals surface area contributed by atoms with E-state index >= 15 is 0 Å². The van der Waals surface area contributed by atoms with Crippen LogP contribution in [0.1, 0.15) is 213 Å². The molecule has 0 aromatic carbocycles. The van der Waals surface area contributed by atoms with Crippen LogP contribution in [0.3, 0.4) is 0 Å². The van der Waals surface area contributed by atoms with Gasteiger partial charge < -0.3 is 27.9 Å². The van der Waals surface area contributed by atoms with E-state index in [4.69, 9.17) is 18.5 Å². The van der Waals surface area contributed by atoms with Gasteiger partial charge in [-0.3, -0.25) is 14.2 Å². The van der Waals surface area contributed by atoms with Crippen molar-refractivity contribution in [1.82, 2.24) is 0 Å². The molecule has 2 atom stereocenters. The van der Waals surface area contributed by atoms with Gasteiger partial charge in [-0.1, -0.05) is 180 Å². The van der Waals surface area contributed by atoms with Crippen LogP contribution in [0, 0.1) is 0 Å². The quantitative estimate of drug-likeness (QED) is 0.0197. The van der Waals surface area contributed by atoms with Gasteiger partial charge in [0, 0.05) is 12.8 Å². The van der Waals surface area contributed by atoms with Crippen molar-refractivity contribution in [2.75, 3.05) is 47.5 Å². The first-order chi connectivity index (χ1) is 26.5. The largest absolute Gasteiger partial charge is 0.756 e. The topological polar surface area (TPSA) is 111 Å². The van der Waals surface area contributed by atoms with E-state index in [1.807, 2.05) is 21.1 Å². The lowest BCUT2D eigenvalue weighted by molar-refractivity contribution is -0.870. The monoisotopic (exact) mass is 802 g/mol. The van der Waals surface area contributed by atoms with Crippen LogP contribution in [0.25, 0.3) is 0 Å². The van der Waals surface area contributed by atoms with Crippen molar-refractivity contribution in [2.45, 2.75) is 219 Å². The van der Waals surface area contributed by atoms with E-state index in [-0.39, 0.29) is 32.0 Å². The highest BCUT2D eigenvalue weighted by Gasteiger charge is 2.21. The van der Waals surface area contributed by atoms with Crippen molar-refractivity contribution in [3.8, 4) is 0 Å². The second-order valence-electron chi connectivity index (χ2n) is 16.8. The summed E-state index contributed by atoms with van der Waals surface area (Å²) in [5, 5.41) is 0. The highest BCUT2D eigenvalue weighted by Crippen LogP contribution is 2.38. The molecule has 0 saturated carbocycles. The Hall–Kier alpha value is -1.25. The summed E-state index contributed by atoms with van der Waals surface area (Å²) in [6, 6.07) is 0. The predicted octanol–water partition coefficient (Wildman–Crippen LogP) is 12.3. The van der Waals surface area contributed by atoms with Gasteiger partial charge in [-0.05, 0) is 32.1 Å². The zero-order valence-corrected chi connectivity index (χ0v) is 37.5. The first kappa shape index (κ1) is 53.8. The fraction of sp³-hybridized carbons (Fsp3) is 0.911. The molecule has 0 saturated heterocycles. The summed E-state index contributed by atoms with van der Waals surface area (Å²) in [6.45, 7) is 4.20. The van der Waals surface area contributed by atoms with Crippen LogP contribution < -0.4 is 4.89 Å². The van der Waals surface area contributed by atoms with E-state index in [1.54, 1.807) is 0 Å². The maximum absolute atomic E-state index is 12.6. The number of carbonyl (C=O) groups is 2. The number of carbonyl (C=O) groups excluding carboxylic acids is 2. The van der Waals surface area contributed by atoms with Gasteiger partial charge in [-0.2, -0.15) is 0 Å². The second kappa shape index (κ2) is 38.3. The number of unbranched alkanes of at least 4 members (excludes halogenated alkanes) is 26. The Morgan fingerprint density at radius 2 is 0.945 bits per heavy atom. The molecule has 0 bridgehead atoms. The number of hydrogen-bond acceptors (Lipinski definition) is 8. The number of esters is 2. The third-order valence-electron chi connectivity index (χ3n) is 10.0. The molecule has 0 aliphatic carbocycles. The molecule has 326 valence electrons. The van der Waals surface area contributed by atoms with E-state index in [9.17, 15) is 19.0 Å². The summed E-state index contributed by atoms with van der Waals surface area (Å²) in [5.41, 5.74) is 0. The lowest BCUT2D eigenvalue weighted by Gasteiger charge is -2.28. The summed E-state index contributed by atoms with van der Waals surface area (Å²) in [6.07, 6.45) is 39.6. The predicted molar refractivity (Wildman–Crippen MR) is 227 cm³/mol. The minimum atomic E-state index is -4.62.